The zero-order valence-corrected chi connectivity index (χ0v) is 21.8. The molecule has 0 aliphatic carbocycles. The molecule has 0 spiro atoms. The topological polar surface area (TPSA) is 134 Å². The molecule has 208 valence electrons. The number of piperidine rings is 1. The van der Waals surface area contributed by atoms with E-state index in [0.29, 0.717) is 37.9 Å². The van der Waals surface area contributed by atoms with Crippen molar-refractivity contribution in [3.05, 3.63) is 89.0 Å². The molecule has 4 rings (SSSR count). The molecule has 2 aromatic carbocycles. The molecule has 1 amide bonds. The Bertz CT molecular complexity index is 1390. The summed E-state index contributed by atoms with van der Waals surface area (Å²) >= 11 is 0. The molecule has 0 saturated carbocycles. The third-order valence-electron chi connectivity index (χ3n) is 6.93. The average Bonchev–Trinajstić information content (AvgIpc) is 3.43. The van der Waals surface area contributed by atoms with E-state index in [1.807, 2.05) is 35.2 Å². The van der Waals surface area contributed by atoms with E-state index in [4.69, 9.17) is 15.2 Å². The predicted octanol–water partition coefficient (Wildman–Crippen LogP) is 4.61. The number of imidazole rings is 1. The van der Waals surface area contributed by atoms with Gasteiger partial charge in [0.05, 0.1) is 35.9 Å². The van der Waals surface area contributed by atoms with Gasteiger partial charge in [0.25, 0.3) is 0 Å². The van der Waals surface area contributed by atoms with Gasteiger partial charge >= 0.3 is 12.1 Å². The lowest BCUT2D eigenvalue weighted by molar-refractivity contribution is -0.192. The Balaban J connectivity index is 0.000000559. The van der Waals surface area contributed by atoms with Crippen LogP contribution in [0.25, 0.3) is 0 Å². The van der Waals surface area contributed by atoms with Gasteiger partial charge in [-0.3, -0.25) is 4.79 Å². The van der Waals surface area contributed by atoms with Crippen LogP contribution in [0.5, 0.6) is 0 Å². The average molecular weight is 552 g/mol. The van der Waals surface area contributed by atoms with Crippen LogP contribution in [0.2, 0.25) is 0 Å². The van der Waals surface area contributed by atoms with Gasteiger partial charge in [0.2, 0.25) is 5.91 Å². The molecule has 3 aromatic rings. The number of amides is 1. The van der Waals surface area contributed by atoms with E-state index >= 15 is 0 Å². The maximum atomic E-state index is 13.0. The van der Waals surface area contributed by atoms with Crippen LogP contribution in [0.4, 0.5) is 13.2 Å². The van der Waals surface area contributed by atoms with Crippen LogP contribution < -0.4 is 0 Å². The summed E-state index contributed by atoms with van der Waals surface area (Å²) in [4.78, 5) is 30.8. The highest BCUT2D eigenvalue weighted by atomic mass is 19.4. The maximum Gasteiger partial charge on any atom is 0.490 e. The summed E-state index contributed by atoms with van der Waals surface area (Å²) in [6.45, 7) is 3.16. The van der Waals surface area contributed by atoms with E-state index in [1.165, 1.54) is 5.56 Å². The number of hydrogen-bond donors (Lipinski definition) is 2. The molecular formula is C29H28F3N5O3. The van der Waals surface area contributed by atoms with Crippen LogP contribution >= 0.6 is 0 Å². The highest BCUT2D eigenvalue weighted by Crippen LogP contribution is 2.41. The number of nitriles is 2. The van der Waals surface area contributed by atoms with Crippen molar-refractivity contribution < 1.29 is 27.9 Å². The number of carbonyl (C=O) groups is 2. The molecule has 2 unspecified atom stereocenters. The second-order valence-electron chi connectivity index (χ2n) is 9.79. The number of benzene rings is 2. The number of hydrogen-bond acceptors (Lipinski definition) is 5. The fraction of sp³-hybridized carbons (Fsp3) is 0.345. The highest BCUT2D eigenvalue weighted by Gasteiger charge is 2.44. The van der Waals surface area contributed by atoms with Gasteiger partial charge in [-0.25, -0.2) is 9.78 Å². The van der Waals surface area contributed by atoms with E-state index in [1.54, 1.807) is 12.5 Å². The normalized spacial score (nSPS) is 18.6. The van der Waals surface area contributed by atoms with Crippen LogP contribution in [0.15, 0.2) is 61.1 Å². The maximum absolute atomic E-state index is 13.0. The number of nitrogens with one attached hydrogen (secondary N) is 1. The van der Waals surface area contributed by atoms with Crippen molar-refractivity contribution in [2.75, 3.05) is 13.1 Å². The van der Waals surface area contributed by atoms with E-state index in [-0.39, 0.29) is 18.2 Å². The number of rotatable bonds is 6. The number of carboxylic acids is 1. The van der Waals surface area contributed by atoms with Gasteiger partial charge < -0.3 is 15.0 Å². The standard InChI is InChI=1S/C27H27N5O.C2HF3O2/c1-20-3-2-4-23(11-20)14-27(18-29)9-10-32(26(33)13-25-16-30-19-31-25)17-24(27)12-21-5-7-22(15-28)8-6-21;3-2(4,5)1(6)7/h2-8,11,16,19,24H,9-10,12-14,17H2,1H3,(H,30,31);(H,6,7). The van der Waals surface area contributed by atoms with Crippen LogP contribution in [-0.2, 0) is 28.9 Å². The molecule has 2 N–H and O–H groups in total. The summed E-state index contributed by atoms with van der Waals surface area (Å²) in [6.07, 6.45) is 0.421. The molecule has 2 atom stereocenters. The van der Waals surface area contributed by atoms with Crippen molar-refractivity contribution in [2.24, 2.45) is 11.3 Å². The quantitative estimate of drug-likeness (QED) is 0.460. The number of carboxylic acid groups (broad SMARTS) is 1. The van der Waals surface area contributed by atoms with Crippen molar-refractivity contribution in [1.29, 1.82) is 10.5 Å². The third kappa shape index (κ3) is 7.93. The van der Waals surface area contributed by atoms with Crippen LogP contribution in [0.3, 0.4) is 0 Å². The summed E-state index contributed by atoms with van der Waals surface area (Å²) in [7, 11) is 0. The molecule has 11 heteroatoms. The number of aliphatic carboxylic acids is 1. The SMILES string of the molecule is Cc1cccc(CC2(C#N)CCN(C(=O)Cc3cnc[nH]3)CC2Cc2ccc(C#N)cc2)c1.O=C(O)C(F)(F)F. The number of alkyl halides is 3. The largest absolute Gasteiger partial charge is 0.490 e. The molecule has 1 aliphatic rings. The van der Waals surface area contributed by atoms with Crippen LogP contribution in [0.1, 0.15) is 34.4 Å². The van der Waals surface area contributed by atoms with Gasteiger partial charge in [0, 0.05) is 25.0 Å². The zero-order chi connectivity index (χ0) is 29.3. The van der Waals surface area contributed by atoms with Gasteiger partial charge in [-0.15, -0.1) is 0 Å². The Morgan fingerprint density at radius 1 is 1.18 bits per heavy atom. The van der Waals surface area contributed by atoms with Crippen LogP contribution in [0, 0.1) is 40.9 Å². The second kappa shape index (κ2) is 12.9. The number of carbonyl (C=O) groups excluding carboxylic acids is 1. The lowest BCUT2D eigenvalue weighted by Gasteiger charge is -2.44. The summed E-state index contributed by atoms with van der Waals surface area (Å²) in [5.41, 5.74) is 4.25. The molecule has 1 fully saturated rings. The fourth-order valence-electron chi connectivity index (χ4n) is 4.82. The lowest BCUT2D eigenvalue weighted by Crippen LogP contribution is -2.51. The number of halogens is 3. The summed E-state index contributed by atoms with van der Waals surface area (Å²) in [5, 5.41) is 26.7. The minimum absolute atomic E-state index is 0.0181. The molecule has 0 radical (unpaired) electrons. The number of likely N-dealkylation sites (tertiary alicyclic amines) is 1. The number of aryl methyl sites for hydroxylation is 1. The zero-order valence-electron chi connectivity index (χ0n) is 21.8. The lowest BCUT2D eigenvalue weighted by atomic mass is 9.65. The number of aromatic amines is 1. The first-order valence-electron chi connectivity index (χ1n) is 12.5. The van der Waals surface area contributed by atoms with Crippen molar-refractivity contribution in [1.82, 2.24) is 14.9 Å². The van der Waals surface area contributed by atoms with Gasteiger partial charge in [-0.2, -0.15) is 23.7 Å². The van der Waals surface area contributed by atoms with E-state index < -0.39 is 17.6 Å². The third-order valence-corrected chi connectivity index (χ3v) is 6.93. The Labute approximate surface area is 229 Å². The Morgan fingerprint density at radius 3 is 2.42 bits per heavy atom. The first-order chi connectivity index (χ1) is 19.0. The smallest absolute Gasteiger partial charge is 0.475 e. The minimum atomic E-state index is -5.08. The summed E-state index contributed by atoms with van der Waals surface area (Å²) < 4.78 is 31.7. The van der Waals surface area contributed by atoms with Gasteiger partial charge in [-0.05, 0) is 55.4 Å². The Morgan fingerprint density at radius 2 is 1.88 bits per heavy atom. The molecular weight excluding hydrogens is 523 g/mol. The fourth-order valence-corrected chi connectivity index (χ4v) is 4.82. The van der Waals surface area contributed by atoms with Gasteiger partial charge in [0.15, 0.2) is 0 Å². The van der Waals surface area contributed by atoms with E-state index in [9.17, 15) is 23.2 Å². The molecule has 40 heavy (non-hydrogen) atoms. The number of nitrogens with zero attached hydrogens (tertiary/aromatic N) is 4. The van der Waals surface area contributed by atoms with Crippen molar-refractivity contribution >= 4 is 11.9 Å². The van der Waals surface area contributed by atoms with Gasteiger partial charge in [-0.1, -0.05) is 42.0 Å². The highest BCUT2D eigenvalue weighted by molar-refractivity contribution is 5.78. The van der Waals surface area contributed by atoms with E-state index in [0.717, 1.165) is 16.8 Å². The first-order valence-corrected chi connectivity index (χ1v) is 12.5. The first kappa shape index (κ1) is 29.9. The van der Waals surface area contributed by atoms with E-state index in [2.05, 4.69) is 47.2 Å². The number of aromatic nitrogens is 2. The molecule has 1 saturated heterocycles. The summed E-state index contributed by atoms with van der Waals surface area (Å²) in [6, 6.07) is 20.7. The van der Waals surface area contributed by atoms with Crippen molar-refractivity contribution in [2.45, 2.75) is 38.8 Å². The van der Waals surface area contributed by atoms with Crippen LogP contribution in [-0.4, -0.2) is 51.1 Å². The van der Waals surface area contributed by atoms with Gasteiger partial charge in [0.1, 0.15) is 0 Å². The predicted molar refractivity (Wildman–Crippen MR) is 138 cm³/mol. The number of H-pyrrole nitrogens is 1. The Kier molecular flexibility index (Phi) is 9.68. The second-order valence-corrected chi connectivity index (χ2v) is 9.79. The van der Waals surface area contributed by atoms with Crippen molar-refractivity contribution in [3.8, 4) is 12.1 Å². The Hall–Kier alpha value is -4.64. The molecule has 1 aliphatic heterocycles. The molecule has 8 nitrogen and oxygen atoms in total. The van der Waals surface area contributed by atoms with Crippen molar-refractivity contribution in [3.63, 3.8) is 0 Å². The molecule has 1 aromatic heterocycles. The summed E-state index contributed by atoms with van der Waals surface area (Å²) in [5.74, 6) is -2.73. The molecule has 0 bridgehead atoms. The molecule has 2 heterocycles. The minimum Gasteiger partial charge on any atom is -0.475 e. The monoisotopic (exact) mass is 551 g/mol.